The molecule has 1 heterocycles. The summed E-state index contributed by atoms with van der Waals surface area (Å²) >= 11 is 7.03. The fraction of sp³-hybridized carbons (Fsp3) is 0.105. The molecule has 2 aromatic carbocycles. The lowest BCUT2D eigenvalue weighted by molar-refractivity contribution is -0.113. The Labute approximate surface area is 168 Å². The van der Waals surface area contributed by atoms with E-state index in [1.54, 1.807) is 18.2 Å². The molecule has 1 aromatic heterocycles. The van der Waals surface area contributed by atoms with E-state index in [-0.39, 0.29) is 16.5 Å². The van der Waals surface area contributed by atoms with Gasteiger partial charge in [0.25, 0.3) is 5.56 Å². The molecular formula is C19H14ClF2N3O2S. The normalized spacial score (nSPS) is 10.7. The number of nitrogens with one attached hydrogen (secondary N) is 1. The summed E-state index contributed by atoms with van der Waals surface area (Å²) < 4.78 is 27.9. The summed E-state index contributed by atoms with van der Waals surface area (Å²) in [5.41, 5.74) is 0.905. The van der Waals surface area contributed by atoms with Crippen molar-refractivity contribution in [1.82, 2.24) is 9.55 Å². The minimum absolute atomic E-state index is 0.105. The largest absolute Gasteiger partial charge is 0.323 e. The van der Waals surface area contributed by atoms with Crippen molar-refractivity contribution in [2.24, 2.45) is 0 Å². The van der Waals surface area contributed by atoms with Gasteiger partial charge in [-0.3, -0.25) is 14.2 Å². The van der Waals surface area contributed by atoms with Crippen LogP contribution in [0.5, 0.6) is 0 Å². The molecule has 3 aromatic rings. The Hall–Kier alpha value is -2.71. The number of thioether (sulfide) groups is 1. The van der Waals surface area contributed by atoms with Crippen LogP contribution < -0.4 is 10.9 Å². The second-order valence-electron chi connectivity index (χ2n) is 5.80. The molecule has 0 aliphatic heterocycles. The van der Waals surface area contributed by atoms with Crippen molar-refractivity contribution in [1.29, 1.82) is 0 Å². The molecule has 144 valence electrons. The molecule has 0 spiro atoms. The molecule has 0 fully saturated rings. The summed E-state index contributed by atoms with van der Waals surface area (Å²) in [5.74, 6) is -2.34. The van der Waals surface area contributed by atoms with Crippen molar-refractivity contribution in [3.63, 3.8) is 0 Å². The molecule has 1 amide bonds. The van der Waals surface area contributed by atoms with Crippen LogP contribution in [0.15, 0.2) is 58.6 Å². The molecule has 5 nitrogen and oxygen atoms in total. The number of anilines is 1. The maximum absolute atomic E-state index is 13.6. The van der Waals surface area contributed by atoms with Gasteiger partial charge in [-0.25, -0.2) is 13.8 Å². The molecular weight excluding hydrogens is 408 g/mol. The molecule has 0 atom stereocenters. The quantitative estimate of drug-likeness (QED) is 0.627. The van der Waals surface area contributed by atoms with Gasteiger partial charge in [0, 0.05) is 23.5 Å². The number of carbonyl (C=O) groups is 1. The summed E-state index contributed by atoms with van der Waals surface area (Å²) in [7, 11) is 0. The molecule has 0 unspecified atom stereocenters. The summed E-state index contributed by atoms with van der Waals surface area (Å²) in [4.78, 5) is 28.7. The SMILES string of the molecule is Cc1ccc(-n2ccnc(SCC(=O)Nc3ccc(F)cc3F)c2=O)cc1Cl. The number of rotatable bonds is 5. The lowest BCUT2D eigenvalue weighted by Crippen LogP contribution is -2.22. The first kappa shape index (κ1) is 20.0. The van der Waals surface area contributed by atoms with Crippen LogP contribution in [0, 0.1) is 18.6 Å². The minimum Gasteiger partial charge on any atom is -0.323 e. The molecule has 0 saturated carbocycles. The molecule has 0 radical (unpaired) electrons. The van der Waals surface area contributed by atoms with E-state index in [0.29, 0.717) is 16.8 Å². The van der Waals surface area contributed by atoms with Crippen molar-refractivity contribution in [2.75, 3.05) is 11.1 Å². The number of amides is 1. The number of benzene rings is 2. The molecule has 9 heteroatoms. The van der Waals surface area contributed by atoms with Gasteiger partial charge in [-0.15, -0.1) is 0 Å². The highest BCUT2D eigenvalue weighted by Crippen LogP contribution is 2.20. The minimum atomic E-state index is -0.880. The Balaban J connectivity index is 1.73. The molecule has 3 rings (SSSR count). The third-order valence-electron chi connectivity index (χ3n) is 3.79. The first-order valence-corrected chi connectivity index (χ1v) is 9.43. The van der Waals surface area contributed by atoms with Crippen molar-refractivity contribution >= 4 is 35.0 Å². The Kier molecular flexibility index (Phi) is 6.11. The number of halogens is 3. The van der Waals surface area contributed by atoms with Crippen molar-refractivity contribution < 1.29 is 13.6 Å². The van der Waals surface area contributed by atoms with Crippen LogP contribution in [0.3, 0.4) is 0 Å². The number of carbonyl (C=O) groups excluding carboxylic acids is 1. The Morgan fingerprint density at radius 2 is 2.04 bits per heavy atom. The summed E-state index contributed by atoms with van der Waals surface area (Å²) in [6.45, 7) is 1.85. The van der Waals surface area contributed by atoms with Crippen LogP contribution in [-0.4, -0.2) is 21.2 Å². The second kappa shape index (κ2) is 8.53. The smallest absolute Gasteiger partial charge is 0.287 e. The standard InChI is InChI=1S/C19H14ClF2N3O2S/c1-11-2-4-13(9-14(11)20)25-7-6-23-18(19(25)27)28-10-17(26)24-16-5-3-12(21)8-15(16)22/h2-9H,10H2,1H3,(H,24,26). The van der Waals surface area contributed by atoms with E-state index in [2.05, 4.69) is 10.3 Å². The second-order valence-corrected chi connectivity index (χ2v) is 7.17. The van der Waals surface area contributed by atoms with Gasteiger partial charge in [0.1, 0.15) is 11.6 Å². The Morgan fingerprint density at radius 3 is 2.75 bits per heavy atom. The van der Waals surface area contributed by atoms with E-state index in [9.17, 15) is 18.4 Å². The van der Waals surface area contributed by atoms with Crippen molar-refractivity contribution in [2.45, 2.75) is 11.9 Å². The van der Waals surface area contributed by atoms with Gasteiger partial charge in [-0.05, 0) is 36.8 Å². The molecule has 0 aliphatic rings. The van der Waals surface area contributed by atoms with E-state index in [0.717, 1.165) is 29.5 Å². The van der Waals surface area contributed by atoms with Gasteiger partial charge in [-0.1, -0.05) is 29.4 Å². The van der Waals surface area contributed by atoms with Crippen molar-refractivity contribution in [3.8, 4) is 5.69 Å². The third-order valence-corrected chi connectivity index (χ3v) is 5.16. The van der Waals surface area contributed by atoms with Crippen LogP contribution in [0.2, 0.25) is 5.02 Å². The molecule has 28 heavy (non-hydrogen) atoms. The highest BCUT2D eigenvalue weighted by atomic mass is 35.5. The lowest BCUT2D eigenvalue weighted by Gasteiger charge is -2.09. The molecule has 0 aliphatic carbocycles. The number of hydrogen-bond acceptors (Lipinski definition) is 4. The van der Waals surface area contributed by atoms with Crippen LogP contribution >= 0.6 is 23.4 Å². The van der Waals surface area contributed by atoms with E-state index in [1.807, 2.05) is 6.92 Å². The maximum atomic E-state index is 13.6. The van der Waals surface area contributed by atoms with Crippen LogP contribution in [-0.2, 0) is 4.79 Å². The first-order chi connectivity index (χ1) is 13.3. The van der Waals surface area contributed by atoms with Gasteiger partial charge in [0.15, 0.2) is 5.03 Å². The summed E-state index contributed by atoms with van der Waals surface area (Å²) in [5, 5.41) is 2.96. The van der Waals surface area contributed by atoms with Gasteiger partial charge in [-0.2, -0.15) is 0 Å². The number of hydrogen-bond donors (Lipinski definition) is 1. The fourth-order valence-corrected chi connectivity index (χ4v) is 3.21. The third kappa shape index (κ3) is 4.58. The number of nitrogens with zero attached hydrogens (tertiary/aromatic N) is 2. The zero-order chi connectivity index (χ0) is 20.3. The maximum Gasteiger partial charge on any atom is 0.287 e. The topological polar surface area (TPSA) is 64.0 Å². The number of aryl methyl sites for hydroxylation is 1. The van der Waals surface area contributed by atoms with E-state index >= 15 is 0 Å². The van der Waals surface area contributed by atoms with Crippen LogP contribution in [0.25, 0.3) is 5.69 Å². The zero-order valence-electron chi connectivity index (χ0n) is 14.6. The van der Waals surface area contributed by atoms with Crippen LogP contribution in [0.1, 0.15) is 5.56 Å². The lowest BCUT2D eigenvalue weighted by atomic mass is 10.2. The average molecular weight is 422 g/mol. The Bertz CT molecular complexity index is 1100. The predicted octanol–water partition coefficient (Wildman–Crippen LogP) is 4.20. The summed E-state index contributed by atoms with van der Waals surface area (Å²) in [6, 6.07) is 8.05. The zero-order valence-corrected chi connectivity index (χ0v) is 16.2. The van der Waals surface area contributed by atoms with Crippen LogP contribution in [0.4, 0.5) is 14.5 Å². The van der Waals surface area contributed by atoms with Gasteiger partial charge >= 0.3 is 0 Å². The molecule has 0 saturated heterocycles. The van der Waals surface area contributed by atoms with E-state index in [4.69, 9.17) is 11.6 Å². The van der Waals surface area contributed by atoms with E-state index < -0.39 is 23.1 Å². The molecule has 1 N–H and O–H groups in total. The van der Waals surface area contributed by atoms with Gasteiger partial charge in [0.2, 0.25) is 5.91 Å². The summed E-state index contributed by atoms with van der Waals surface area (Å²) in [6.07, 6.45) is 2.94. The molecule has 0 bridgehead atoms. The number of aromatic nitrogens is 2. The average Bonchev–Trinajstić information content (AvgIpc) is 2.65. The first-order valence-electron chi connectivity index (χ1n) is 8.07. The fourth-order valence-electron chi connectivity index (χ4n) is 2.34. The monoisotopic (exact) mass is 421 g/mol. The highest BCUT2D eigenvalue weighted by molar-refractivity contribution is 7.99. The van der Waals surface area contributed by atoms with Gasteiger partial charge < -0.3 is 5.32 Å². The Morgan fingerprint density at radius 1 is 1.25 bits per heavy atom. The highest BCUT2D eigenvalue weighted by Gasteiger charge is 2.12. The van der Waals surface area contributed by atoms with Crippen molar-refractivity contribution in [3.05, 3.63) is 81.4 Å². The van der Waals surface area contributed by atoms with Gasteiger partial charge in [0.05, 0.1) is 17.1 Å². The van der Waals surface area contributed by atoms with E-state index in [1.165, 1.54) is 17.0 Å². The predicted molar refractivity (Wildman–Crippen MR) is 105 cm³/mol.